The first kappa shape index (κ1) is 37.5. The van der Waals surface area contributed by atoms with Gasteiger partial charge >= 0.3 is 12.6 Å². The number of alkyl halides is 2. The summed E-state index contributed by atoms with van der Waals surface area (Å²) < 4.78 is 77.7. The van der Waals surface area contributed by atoms with Crippen LogP contribution in [0, 0.1) is 5.92 Å². The summed E-state index contributed by atoms with van der Waals surface area (Å²) in [6, 6.07) is 6.94. The van der Waals surface area contributed by atoms with Crippen LogP contribution in [0.2, 0.25) is 10.0 Å². The Kier molecular flexibility index (Phi) is 12.1. The van der Waals surface area contributed by atoms with E-state index in [0.717, 1.165) is 17.1 Å². The van der Waals surface area contributed by atoms with Gasteiger partial charge in [0, 0.05) is 39.5 Å². The van der Waals surface area contributed by atoms with E-state index in [4.69, 9.17) is 37.4 Å². The number of benzene rings is 2. The second-order valence-electron chi connectivity index (χ2n) is 12.2. The van der Waals surface area contributed by atoms with Crippen molar-refractivity contribution in [3.05, 3.63) is 75.5 Å². The molecule has 2 aromatic carbocycles. The topological polar surface area (TPSA) is 125 Å². The predicted molar refractivity (Wildman–Crippen MR) is 181 cm³/mol. The third-order valence-corrected chi connectivity index (χ3v) is 11.0. The van der Waals surface area contributed by atoms with Crippen LogP contribution in [0.4, 0.5) is 8.78 Å². The van der Waals surface area contributed by atoms with E-state index >= 15 is 0 Å². The number of hydrogen-bond acceptors (Lipinski definition) is 9. The molecule has 2 atom stereocenters. The van der Waals surface area contributed by atoms with Crippen molar-refractivity contribution in [2.75, 3.05) is 34.4 Å². The van der Waals surface area contributed by atoms with E-state index in [1.54, 1.807) is 0 Å². The van der Waals surface area contributed by atoms with Crippen molar-refractivity contribution in [2.24, 2.45) is 5.92 Å². The third-order valence-electron chi connectivity index (χ3n) is 8.47. The van der Waals surface area contributed by atoms with Gasteiger partial charge in [0.15, 0.2) is 11.5 Å². The maximum Gasteiger partial charge on any atom is 0.387 e. The van der Waals surface area contributed by atoms with Gasteiger partial charge in [0.05, 0.1) is 34.2 Å². The van der Waals surface area contributed by atoms with Crippen LogP contribution in [-0.2, 0) is 26.0 Å². The molecule has 1 saturated heterocycles. The highest BCUT2D eigenvalue weighted by atomic mass is 35.5. The van der Waals surface area contributed by atoms with Gasteiger partial charge in [-0.05, 0) is 79.5 Å². The SMILES string of the molecule is COc1ccc(S(=O)(=O)N2CCCC[C@H]2C(=O)O[C@@H](Cc2c(Cl)cncc2Cl)c2ccc(OC(F)F)c(OCC3CC3)c2)cc1C(=O)N(C)C. The number of pyridine rings is 1. The normalized spacial score (nSPS) is 17.2. The number of halogens is 4. The van der Waals surface area contributed by atoms with Crippen LogP contribution in [0.15, 0.2) is 53.7 Å². The summed E-state index contributed by atoms with van der Waals surface area (Å²) in [5.41, 5.74) is 0.792. The summed E-state index contributed by atoms with van der Waals surface area (Å²) in [6.07, 6.45) is 4.70. The molecular weight excluding hydrogens is 719 g/mol. The first-order valence-electron chi connectivity index (χ1n) is 15.9. The first-order valence-corrected chi connectivity index (χ1v) is 18.1. The van der Waals surface area contributed by atoms with Gasteiger partial charge in [0.2, 0.25) is 10.0 Å². The van der Waals surface area contributed by atoms with Gasteiger partial charge in [-0.2, -0.15) is 13.1 Å². The molecular formula is C34H37Cl2F2N3O8S. The van der Waals surface area contributed by atoms with E-state index in [0.29, 0.717) is 29.9 Å². The van der Waals surface area contributed by atoms with Crippen LogP contribution in [0.3, 0.4) is 0 Å². The lowest BCUT2D eigenvalue weighted by atomic mass is 10.0. The number of carbonyl (C=O) groups excluding carboxylic acids is 2. The zero-order valence-electron chi connectivity index (χ0n) is 27.6. The highest BCUT2D eigenvalue weighted by Gasteiger charge is 2.40. The minimum absolute atomic E-state index is 0.0244. The number of hydrogen-bond donors (Lipinski definition) is 0. The molecule has 1 aliphatic carbocycles. The van der Waals surface area contributed by atoms with Gasteiger partial charge in [-0.25, -0.2) is 8.42 Å². The van der Waals surface area contributed by atoms with Crippen molar-refractivity contribution in [1.82, 2.24) is 14.2 Å². The van der Waals surface area contributed by atoms with Crippen molar-refractivity contribution < 1.29 is 45.7 Å². The number of amides is 1. The smallest absolute Gasteiger partial charge is 0.387 e. The molecule has 1 aromatic heterocycles. The predicted octanol–water partition coefficient (Wildman–Crippen LogP) is 6.56. The lowest BCUT2D eigenvalue weighted by Crippen LogP contribution is -2.48. The molecule has 50 heavy (non-hydrogen) atoms. The van der Waals surface area contributed by atoms with Crippen LogP contribution < -0.4 is 14.2 Å². The minimum Gasteiger partial charge on any atom is -0.496 e. The number of rotatable bonds is 14. The number of carbonyl (C=O) groups is 2. The Balaban J connectivity index is 1.49. The van der Waals surface area contributed by atoms with Crippen molar-refractivity contribution in [3.8, 4) is 17.2 Å². The average Bonchev–Trinajstić information content (AvgIpc) is 3.92. The summed E-state index contributed by atoms with van der Waals surface area (Å²) in [4.78, 5) is 32.0. The molecule has 2 fully saturated rings. The highest BCUT2D eigenvalue weighted by molar-refractivity contribution is 7.89. The monoisotopic (exact) mass is 755 g/mol. The maximum atomic E-state index is 14.1. The molecule has 0 spiro atoms. The molecule has 16 heteroatoms. The molecule has 270 valence electrons. The number of piperidine rings is 1. The summed E-state index contributed by atoms with van der Waals surface area (Å²) >= 11 is 12.9. The van der Waals surface area contributed by atoms with Gasteiger partial charge in [-0.3, -0.25) is 14.6 Å². The number of aromatic nitrogens is 1. The van der Waals surface area contributed by atoms with Gasteiger partial charge in [0.25, 0.3) is 5.91 Å². The summed E-state index contributed by atoms with van der Waals surface area (Å²) in [5, 5.41) is 0.400. The molecule has 11 nitrogen and oxygen atoms in total. The van der Waals surface area contributed by atoms with Gasteiger partial charge in [-0.15, -0.1) is 0 Å². The number of esters is 1. The van der Waals surface area contributed by atoms with E-state index in [1.807, 2.05) is 0 Å². The van der Waals surface area contributed by atoms with Crippen LogP contribution in [0.5, 0.6) is 17.2 Å². The van der Waals surface area contributed by atoms with Crippen molar-refractivity contribution in [1.29, 1.82) is 0 Å². The summed E-state index contributed by atoms with van der Waals surface area (Å²) in [6.45, 7) is -2.79. The molecule has 1 aliphatic heterocycles. The second-order valence-corrected chi connectivity index (χ2v) is 14.9. The molecule has 2 aliphatic rings. The summed E-state index contributed by atoms with van der Waals surface area (Å²) in [7, 11) is 0.114. The minimum atomic E-state index is -4.32. The van der Waals surface area contributed by atoms with Crippen molar-refractivity contribution in [2.45, 2.75) is 62.2 Å². The largest absolute Gasteiger partial charge is 0.496 e. The molecule has 1 saturated carbocycles. The zero-order chi connectivity index (χ0) is 36.2. The lowest BCUT2D eigenvalue weighted by Gasteiger charge is -2.34. The Hall–Kier alpha value is -3.72. The first-order chi connectivity index (χ1) is 23.8. The highest BCUT2D eigenvalue weighted by Crippen LogP contribution is 2.39. The Morgan fingerprint density at radius 3 is 2.34 bits per heavy atom. The van der Waals surface area contributed by atoms with Crippen molar-refractivity contribution >= 4 is 45.1 Å². The van der Waals surface area contributed by atoms with E-state index in [1.165, 1.54) is 74.9 Å². The fraction of sp³-hybridized carbons (Fsp3) is 0.441. The summed E-state index contributed by atoms with van der Waals surface area (Å²) in [5.74, 6) is -0.971. The van der Waals surface area contributed by atoms with Crippen LogP contribution in [0.25, 0.3) is 0 Å². The van der Waals surface area contributed by atoms with Gasteiger partial charge in [-0.1, -0.05) is 29.3 Å². The quantitative estimate of drug-likeness (QED) is 0.168. The van der Waals surface area contributed by atoms with Crippen LogP contribution in [-0.4, -0.2) is 81.5 Å². The van der Waals surface area contributed by atoms with E-state index < -0.39 is 40.7 Å². The van der Waals surface area contributed by atoms with E-state index in [9.17, 15) is 26.8 Å². The molecule has 5 rings (SSSR count). The second kappa shape index (κ2) is 16.1. The fourth-order valence-electron chi connectivity index (χ4n) is 5.61. The third kappa shape index (κ3) is 8.76. The molecule has 0 N–H and O–H groups in total. The number of sulfonamides is 1. The molecule has 1 amide bonds. The molecule has 0 radical (unpaired) electrons. The Morgan fingerprint density at radius 1 is 1.00 bits per heavy atom. The molecule has 0 unspecified atom stereocenters. The number of nitrogens with zero attached hydrogens (tertiary/aromatic N) is 3. The molecule has 2 heterocycles. The number of ether oxygens (including phenoxy) is 4. The van der Waals surface area contributed by atoms with Crippen LogP contribution >= 0.6 is 23.2 Å². The Morgan fingerprint density at radius 2 is 1.70 bits per heavy atom. The lowest BCUT2D eigenvalue weighted by molar-refractivity contribution is -0.155. The van der Waals surface area contributed by atoms with E-state index in [-0.39, 0.29) is 63.7 Å². The fourth-order valence-corrected chi connectivity index (χ4v) is 7.80. The van der Waals surface area contributed by atoms with Gasteiger partial charge in [0.1, 0.15) is 17.9 Å². The Bertz CT molecular complexity index is 1810. The maximum absolute atomic E-state index is 14.1. The van der Waals surface area contributed by atoms with Gasteiger partial charge < -0.3 is 23.8 Å². The molecule has 3 aromatic rings. The molecule has 0 bridgehead atoms. The van der Waals surface area contributed by atoms with Crippen molar-refractivity contribution in [3.63, 3.8) is 0 Å². The average molecular weight is 757 g/mol. The van der Waals surface area contributed by atoms with Crippen LogP contribution in [0.1, 0.15) is 59.7 Å². The Labute approximate surface area is 299 Å². The number of methoxy groups -OCH3 is 1. The standard InChI is InChI=1S/C34H37Cl2F2N3O8S/c1-40(2)32(42)24-15-22(10-12-28(24)46-3)50(44,45)41-13-5-4-6-27(41)33(43)48-30(16-23-25(35)17-39-18-26(23)36)21-9-11-29(49-34(37)38)31(14-21)47-19-20-7-8-20/h9-12,14-15,17-18,20,27,30,34H,4-8,13,16,19H2,1-3H3/t27-,30-/m0/s1. The van der Waals surface area contributed by atoms with E-state index in [2.05, 4.69) is 9.72 Å². The zero-order valence-corrected chi connectivity index (χ0v) is 29.9.